The second-order valence-electron chi connectivity index (χ2n) is 7.01. The van der Waals surface area contributed by atoms with Crippen LogP contribution >= 0.6 is 0 Å². The summed E-state index contributed by atoms with van der Waals surface area (Å²) in [6.07, 6.45) is 9.20. The number of ether oxygens (including phenoxy) is 1. The minimum absolute atomic E-state index is 0.144. The molecule has 0 aliphatic carbocycles. The van der Waals surface area contributed by atoms with Gasteiger partial charge in [-0.2, -0.15) is 9.29 Å². The molecule has 8 heteroatoms. The third-order valence-electron chi connectivity index (χ3n) is 5.37. The number of nitrogens with zero attached hydrogens (tertiary/aromatic N) is 4. The quantitative estimate of drug-likeness (QED) is 0.808. The molecule has 0 radical (unpaired) electrons. The second kappa shape index (κ2) is 7.86. The van der Waals surface area contributed by atoms with E-state index in [1.165, 1.54) is 6.26 Å². The summed E-state index contributed by atoms with van der Waals surface area (Å²) in [5, 5.41) is 0. The van der Waals surface area contributed by atoms with Crippen molar-refractivity contribution >= 4 is 16.0 Å². The molecule has 25 heavy (non-hydrogen) atoms. The molecule has 0 N–H and O–H groups in total. The Kier molecular flexibility index (Phi) is 5.78. The molecule has 1 atom stereocenters. The first-order valence-corrected chi connectivity index (χ1v) is 10.9. The van der Waals surface area contributed by atoms with Crippen LogP contribution in [-0.4, -0.2) is 61.7 Å². The molecule has 0 saturated carbocycles. The first-order valence-electron chi connectivity index (χ1n) is 9.08. The van der Waals surface area contributed by atoms with E-state index in [0.29, 0.717) is 24.3 Å². The van der Waals surface area contributed by atoms with E-state index in [4.69, 9.17) is 4.74 Å². The third-order valence-corrected chi connectivity index (χ3v) is 6.67. The van der Waals surface area contributed by atoms with E-state index in [1.807, 2.05) is 0 Å². The zero-order chi connectivity index (χ0) is 17.9. The Morgan fingerprint density at radius 1 is 1.12 bits per heavy atom. The van der Waals surface area contributed by atoms with E-state index in [1.54, 1.807) is 23.7 Å². The van der Waals surface area contributed by atoms with Gasteiger partial charge in [0.15, 0.2) is 0 Å². The molecule has 0 aromatic carbocycles. The minimum Gasteiger partial charge on any atom is -0.481 e. The summed E-state index contributed by atoms with van der Waals surface area (Å²) in [6.45, 7) is 2.38. The molecule has 140 valence electrons. The maximum atomic E-state index is 12.2. The van der Waals surface area contributed by atoms with Crippen LogP contribution in [0.2, 0.25) is 0 Å². The number of hydrogen-bond donors (Lipinski definition) is 0. The average Bonchev–Trinajstić information content (AvgIpc) is 2.88. The first kappa shape index (κ1) is 18.4. The van der Waals surface area contributed by atoms with Crippen molar-refractivity contribution in [3.8, 4) is 5.88 Å². The standard InChI is InChI=1S/C17H28N4O3S/c1-24-16-7-10-18-17(19-16)20-12-8-14(9-13-20)15-6-4-3-5-11-21(15)25(2,22)23/h7,10,14-15H,3-6,8-9,11-13H2,1-2H3. The normalized spacial score (nSPS) is 24.1. The van der Waals surface area contributed by atoms with Crippen LogP contribution in [0.1, 0.15) is 38.5 Å². The van der Waals surface area contributed by atoms with Crippen LogP contribution in [0.25, 0.3) is 0 Å². The van der Waals surface area contributed by atoms with Gasteiger partial charge in [-0.15, -0.1) is 0 Å². The number of rotatable bonds is 4. The summed E-state index contributed by atoms with van der Waals surface area (Å²) < 4.78 is 31.4. The van der Waals surface area contributed by atoms with Crippen molar-refractivity contribution in [1.82, 2.24) is 14.3 Å². The number of anilines is 1. The Morgan fingerprint density at radius 3 is 2.56 bits per heavy atom. The van der Waals surface area contributed by atoms with E-state index in [0.717, 1.165) is 51.6 Å². The van der Waals surface area contributed by atoms with Gasteiger partial charge in [-0.25, -0.2) is 13.4 Å². The largest absolute Gasteiger partial charge is 0.481 e. The Hall–Kier alpha value is -1.41. The molecule has 0 bridgehead atoms. The highest BCUT2D eigenvalue weighted by Crippen LogP contribution is 2.32. The molecule has 2 aliphatic heterocycles. The molecular weight excluding hydrogens is 340 g/mol. The zero-order valence-corrected chi connectivity index (χ0v) is 15.9. The lowest BCUT2D eigenvalue weighted by Gasteiger charge is -2.39. The summed E-state index contributed by atoms with van der Waals surface area (Å²) in [6, 6.07) is 1.89. The van der Waals surface area contributed by atoms with Crippen LogP contribution in [0, 0.1) is 5.92 Å². The summed E-state index contributed by atoms with van der Waals surface area (Å²) in [5.41, 5.74) is 0. The highest BCUT2D eigenvalue weighted by atomic mass is 32.2. The van der Waals surface area contributed by atoms with Crippen LogP contribution < -0.4 is 9.64 Å². The Balaban J connectivity index is 1.67. The van der Waals surface area contributed by atoms with Crippen molar-refractivity contribution in [2.24, 2.45) is 5.92 Å². The van der Waals surface area contributed by atoms with E-state index < -0.39 is 10.0 Å². The fourth-order valence-electron chi connectivity index (χ4n) is 4.07. The summed E-state index contributed by atoms with van der Waals surface area (Å²) in [4.78, 5) is 10.9. The number of sulfonamides is 1. The van der Waals surface area contributed by atoms with Crippen LogP contribution in [0.5, 0.6) is 5.88 Å². The van der Waals surface area contributed by atoms with Crippen molar-refractivity contribution in [3.63, 3.8) is 0 Å². The minimum atomic E-state index is -3.14. The SMILES string of the molecule is COc1ccnc(N2CCC(C3CCCCCN3S(C)(=O)=O)CC2)n1. The highest BCUT2D eigenvalue weighted by molar-refractivity contribution is 7.88. The van der Waals surface area contributed by atoms with Crippen molar-refractivity contribution in [3.05, 3.63) is 12.3 Å². The highest BCUT2D eigenvalue weighted by Gasteiger charge is 2.35. The van der Waals surface area contributed by atoms with Gasteiger partial charge in [-0.05, 0) is 31.6 Å². The molecule has 2 fully saturated rings. The molecule has 1 aromatic heterocycles. The molecule has 3 rings (SSSR count). The van der Waals surface area contributed by atoms with E-state index in [9.17, 15) is 8.42 Å². The van der Waals surface area contributed by atoms with Crippen LogP contribution in [-0.2, 0) is 10.0 Å². The van der Waals surface area contributed by atoms with E-state index in [2.05, 4.69) is 14.9 Å². The lowest BCUT2D eigenvalue weighted by molar-refractivity contribution is 0.206. The van der Waals surface area contributed by atoms with Crippen LogP contribution in [0.3, 0.4) is 0 Å². The molecule has 2 saturated heterocycles. The molecule has 7 nitrogen and oxygen atoms in total. The fraction of sp³-hybridized carbons (Fsp3) is 0.765. The fourth-order valence-corrected chi connectivity index (χ4v) is 5.30. The first-order chi connectivity index (χ1) is 12.0. The predicted octanol–water partition coefficient (Wildman–Crippen LogP) is 1.91. The number of piperidine rings is 1. The zero-order valence-electron chi connectivity index (χ0n) is 15.1. The molecule has 0 spiro atoms. The van der Waals surface area contributed by atoms with Gasteiger partial charge < -0.3 is 9.64 Å². The van der Waals surface area contributed by atoms with E-state index in [-0.39, 0.29) is 6.04 Å². The van der Waals surface area contributed by atoms with Crippen molar-refractivity contribution in [2.45, 2.75) is 44.6 Å². The van der Waals surface area contributed by atoms with Crippen molar-refractivity contribution in [1.29, 1.82) is 0 Å². The smallest absolute Gasteiger partial charge is 0.228 e. The molecular formula is C17H28N4O3S. The van der Waals surface area contributed by atoms with Gasteiger partial charge in [-0.1, -0.05) is 12.8 Å². The van der Waals surface area contributed by atoms with Gasteiger partial charge in [0.25, 0.3) is 0 Å². The second-order valence-corrected chi connectivity index (χ2v) is 8.95. The van der Waals surface area contributed by atoms with Crippen molar-refractivity contribution in [2.75, 3.05) is 37.9 Å². The maximum absolute atomic E-state index is 12.2. The Labute approximate surface area is 150 Å². The molecule has 1 aromatic rings. The summed E-state index contributed by atoms with van der Waals surface area (Å²) >= 11 is 0. The van der Waals surface area contributed by atoms with Gasteiger partial charge in [0.2, 0.25) is 21.9 Å². The van der Waals surface area contributed by atoms with Gasteiger partial charge in [0.05, 0.1) is 13.4 Å². The lowest BCUT2D eigenvalue weighted by atomic mass is 9.87. The monoisotopic (exact) mass is 368 g/mol. The molecule has 0 amide bonds. The van der Waals surface area contributed by atoms with Crippen molar-refractivity contribution < 1.29 is 13.2 Å². The topological polar surface area (TPSA) is 75.6 Å². The third kappa shape index (κ3) is 4.41. The van der Waals surface area contributed by atoms with E-state index >= 15 is 0 Å². The van der Waals surface area contributed by atoms with Gasteiger partial charge in [-0.3, -0.25) is 0 Å². The maximum Gasteiger partial charge on any atom is 0.228 e. The van der Waals surface area contributed by atoms with Crippen LogP contribution in [0.4, 0.5) is 5.95 Å². The van der Waals surface area contributed by atoms with Gasteiger partial charge in [0.1, 0.15) is 0 Å². The lowest BCUT2D eigenvalue weighted by Crippen LogP contribution is -2.47. The molecule has 1 unspecified atom stereocenters. The van der Waals surface area contributed by atoms with Gasteiger partial charge >= 0.3 is 0 Å². The number of hydrogen-bond acceptors (Lipinski definition) is 6. The average molecular weight is 369 g/mol. The summed E-state index contributed by atoms with van der Waals surface area (Å²) in [7, 11) is -1.54. The Bertz CT molecular complexity index is 674. The Morgan fingerprint density at radius 2 is 1.88 bits per heavy atom. The molecule has 3 heterocycles. The number of aromatic nitrogens is 2. The summed E-state index contributed by atoms with van der Waals surface area (Å²) in [5.74, 6) is 1.67. The predicted molar refractivity (Wildman–Crippen MR) is 97.3 cm³/mol. The number of methoxy groups -OCH3 is 1. The molecule has 2 aliphatic rings. The van der Waals surface area contributed by atoms with Gasteiger partial charge in [0, 0.05) is 37.9 Å². The van der Waals surface area contributed by atoms with Crippen LogP contribution in [0.15, 0.2) is 12.3 Å².